The number of halogens is 15. The summed E-state index contributed by atoms with van der Waals surface area (Å²) < 4.78 is 169. The molecule has 6 N–H and O–H groups in total. The summed E-state index contributed by atoms with van der Waals surface area (Å²) >= 11 is 24.3. The van der Waals surface area contributed by atoms with Crippen molar-refractivity contribution in [2.45, 2.75) is 158 Å². The Balaban J connectivity index is 0.000000171. The third-order valence-electron chi connectivity index (χ3n) is 23.7. The molecule has 3 amide bonds. The number of aromatic nitrogens is 12. The quantitative estimate of drug-likeness (QED) is 0.0282. The maximum atomic E-state index is 16.1. The Hall–Kier alpha value is -13.2. The molecule has 0 saturated carbocycles. The number of nitrogen functional groups attached to an aromatic ring is 3. The number of nitrogens with two attached hydrogens (primary N) is 3. The second-order valence-corrected chi connectivity index (χ2v) is 35.6. The molecule has 3 aromatic carbocycles. The number of fused-ring (bicyclic) bond motifs is 3. The third-order valence-corrected chi connectivity index (χ3v) is 25.2. The smallest absolute Gasteiger partial charge is 0.355 e. The minimum Gasteiger partial charge on any atom is -0.397 e. The lowest BCUT2D eigenvalue weighted by Crippen LogP contribution is -2.58. The van der Waals surface area contributed by atoms with Crippen molar-refractivity contribution in [3.8, 4) is 50.8 Å². The molecule has 3 aliphatic rings. The second kappa shape index (κ2) is 38.6. The molecule has 0 spiro atoms. The number of aryl methyl sites for hydroxylation is 3. The molecule has 12 heterocycles. The van der Waals surface area contributed by atoms with Gasteiger partial charge in [-0.15, -0.1) is 0 Å². The monoisotopic (exact) mass is 1950 g/mol. The van der Waals surface area contributed by atoms with Crippen molar-refractivity contribution in [3.05, 3.63) is 242 Å². The van der Waals surface area contributed by atoms with E-state index in [0.29, 0.717) is 50.8 Å². The molecule has 3 fully saturated rings. The van der Waals surface area contributed by atoms with Crippen molar-refractivity contribution >= 4 is 132 Å². The number of hydrogen-bond donors (Lipinski definition) is 3. The second-order valence-electron chi connectivity index (χ2n) is 34.1. The van der Waals surface area contributed by atoms with E-state index in [1.54, 1.807) is 87.0 Å². The first-order valence-electron chi connectivity index (χ1n) is 42.3. The number of nitrogens with zero attached hydrogens (tertiary/aromatic N) is 18. The summed E-state index contributed by atoms with van der Waals surface area (Å²) in [4.78, 5) is 130. The Morgan fingerprint density at radius 3 is 0.941 bits per heavy atom. The topological polar surface area (TPSA) is 331 Å². The lowest BCUT2D eigenvalue weighted by Gasteiger charge is -2.44. The van der Waals surface area contributed by atoms with Gasteiger partial charge in [0.2, 0.25) is 17.7 Å². The van der Waals surface area contributed by atoms with Crippen molar-refractivity contribution in [1.82, 2.24) is 73.3 Å². The van der Waals surface area contributed by atoms with Gasteiger partial charge in [0.1, 0.15) is 51.1 Å². The standard InChI is InChI=1S/C31H30Cl2F3N7O2.2C31H30ClF4N7O2/c1-7-19(44)42-15(5)11-41(12-16(42)6)29-17-10-18(34)27(20-21(32)23(35)24(36)25(37)22(20)33)39-30(17)43(31(45)40-29)28-14(4)8-9-38-26(28)13(2)3;1-7-19(44)42-15(5)11-41(12-16(42)6)29-17-10-18(33)27(20-22(34)24(36)23(35)21(32)25(20)37)39-30(17)43(31(45)40-29)28-14(4)8-9-38-26(28)13(2)3;1-7-19(44)42-15(5)11-41(12-16(42)6)29-17-10-18(33)27(20-21(32)23(35)24(36)25(37)22(20)34)39-30(17)43(31(45)40-29)28-14(4)8-9-38-26(28)13(2)3/h3*7-10,13,15-16H,1,11-12,37H2,2-6H3/t3*15-,16+. The molecule has 3 saturated heterocycles. The first-order valence-corrected chi connectivity index (χ1v) is 43.8. The molecule has 9 aromatic heterocycles. The summed E-state index contributed by atoms with van der Waals surface area (Å²) in [5, 5.41) is -3.13. The Morgan fingerprint density at radius 1 is 0.370 bits per heavy atom. The van der Waals surface area contributed by atoms with Gasteiger partial charge in [-0.2, -0.15) is 15.0 Å². The number of hydrogen-bond acceptors (Lipinski definition) is 21. The summed E-state index contributed by atoms with van der Waals surface area (Å²) in [6.45, 7) is 39.6. The molecule has 135 heavy (non-hydrogen) atoms. The van der Waals surface area contributed by atoms with Crippen LogP contribution in [0.15, 0.2) is 107 Å². The van der Waals surface area contributed by atoms with Crippen LogP contribution in [0.1, 0.15) is 135 Å². The number of rotatable bonds is 15. The third kappa shape index (κ3) is 17.6. The highest BCUT2D eigenvalue weighted by Gasteiger charge is 2.41. The molecule has 15 rings (SSSR count). The highest BCUT2D eigenvalue weighted by Crippen LogP contribution is 2.47. The Kier molecular flexibility index (Phi) is 28.4. The van der Waals surface area contributed by atoms with Crippen molar-refractivity contribution in [2.75, 3.05) is 71.2 Å². The summed E-state index contributed by atoms with van der Waals surface area (Å²) in [5.41, 5.74) is 11.6. The largest absolute Gasteiger partial charge is 0.397 e. The van der Waals surface area contributed by atoms with Crippen LogP contribution in [0.5, 0.6) is 0 Å². The predicted octanol–water partition coefficient (Wildman–Crippen LogP) is 17.5. The Bertz CT molecular complexity index is 6390. The van der Waals surface area contributed by atoms with E-state index in [-0.39, 0.29) is 162 Å². The van der Waals surface area contributed by atoms with Crippen LogP contribution in [0.3, 0.4) is 0 Å². The van der Waals surface area contributed by atoms with Gasteiger partial charge in [0, 0.05) is 99.7 Å². The summed E-state index contributed by atoms with van der Waals surface area (Å²) in [6, 6.07) is 6.11. The average molecular weight is 1950 g/mol. The molecule has 27 nitrogen and oxygen atoms in total. The lowest BCUT2D eigenvalue weighted by atomic mass is 10.0. The molecule has 12 aromatic rings. The fourth-order valence-corrected chi connectivity index (χ4v) is 18.7. The maximum absolute atomic E-state index is 16.1. The summed E-state index contributed by atoms with van der Waals surface area (Å²) in [6.07, 6.45) is 8.44. The van der Waals surface area contributed by atoms with Gasteiger partial charge >= 0.3 is 17.1 Å². The van der Waals surface area contributed by atoms with Gasteiger partial charge in [0.15, 0.2) is 75.1 Å². The number of carbonyl (C=O) groups excluding carboxylic acids is 3. The molecular formula is C93H90Cl4F11N21O6. The average Bonchev–Trinajstić information content (AvgIpc) is 0.735. The number of pyridine rings is 6. The Labute approximate surface area is 785 Å². The molecule has 0 bridgehead atoms. The number of piperazine rings is 3. The molecule has 0 radical (unpaired) electrons. The minimum atomic E-state index is -1.96. The van der Waals surface area contributed by atoms with E-state index in [1.165, 1.54) is 22.8 Å². The van der Waals surface area contributed by atoms with Gasteiger partial charge in [-0.05, 0) is 151 Å². The number of amides is 3. The van der Waals surface area contributed by atoms with Gasteiger partial charge in [-0.1, -0.05) is 108 Å². The lowest BCUT2D eigenvalue weighted by molar-refractivity contribution is -0.131. The van der Waals surface area contributed by atoms with Crippen molar-refractivity contribution in [1.29, 1.82) is 0 Å². The molecule has 708 valence electrons. The number of carbonyl (C=O) groups is 3. The predicted molar refractivity (Wildman–Crippen MR) is 499 cm³/mol. The van der Waals surface area contributed by atoms with E-state index in [1.807, 2.05) is 83.1 Å². The normalized spacial score (nSPS) is 17.0. The van der Waals surface area contributed by atoms with E-state index >= 15 is 22.0 Å². The molecule has 6 atom stereocenters. The van der Waals surface area contributed by atoms with Gasteiger partial charge < -0.3 is 46.6 Å². The molecule has 0 aliphatic carbocycles. The van der Waals surface area contributed by atoms with E-state index in [0.717, 1.165) is 27.3 Å². The van der Waals surface area contributed by atoms with Crippen LogP contribution < -0.4 is 49.0 Å². The fraction of sp³-hybridized carbons (Fsp3) is 0.323. The first kappa shape index (κ1) is 99.3. The summed E-state index contributed by atoms with van der Waals surface area (Å²) in [7, 11) is 0. The number of anilines is 6. The molecule has 3 aliphatic heterocycles. The zero-order chi connectivity index (χ0) is 99.2. The minimum absolute atomic E-state index is 0.0558. The van der Waals surface area contributed by atoms with Crippen molar-refractivity contribution in [3.63, 3.8) is 0 Å². The van der Waals surface area contributed by atoms with Crippen LogP contribution in [0.25, 0.3) is 83.9 Å². The van der Waals surface area contributed by atoms with Crippen LogP contribution in [0, 0.1) is 84.8 Å². The van der Waals surface area contributed by atoms with Crippen LogP contribution in [-0.4, -0.2) is 166 Å². The Morgan fingerprint density at radius 2 is 0.644 bits per heavy atom. The maximum Gasteiger partial charge on any atom is 0.355 e. The van der Waals surface area contributed by atoms with Crippen LogP contribution in [-0.2, 0) is 14.4 Å². The van der Waals surface area contributed by atoms with Gasteiger partial charge in [-0.3, -0.25) is 29.3 Å². The molecular weight excluding hydrogens is 1860 g/mol. The van der Waals surface area contributed by atoms with Gasteiger partial charge in [-0.25, -0.2) is 91.3 Å². The SMILES string of the molecule is C=CC(=O)N1[C@H](C)CN(c2nc(=O)n(-c3c(C)ccnc3C(C)C)c3nc(-c4c(Cl)c(N)c(F)c(F)c4Cl)c(F)cc23)C[C@@H]1C.C=CC(=O)N1[C@H](C)CN(c2nc(=O)n(-c3c(C)ccnc3C(C)C)c3nc(-c4c(F)c(N)c(F)c(F)c4Cl)c(F)cc23)C[C@@H]1C.C=CC(=O)N1[C@H](C)CN(c2nc(=O)n(-c3c(C)ccnc3C(C)C)c3nc(-c4c(N)c(Cl)c(F)c(F)c4F)c(F)cc23)C[C@@H]1C. The van der Waals surface area contributed by atoms with Gasteiger partial charge in [0.25, 0.3) is 0 Å². The van der Waals surface area contributed by atoms with Crippen molar-refractivity contribution < 1.29 is 62.7 Å². The highest BCUT2D eigenvalue weighted by molar-refractivity contribution is 6.41. The van der Waals surface area contributed by atoms with E-state index < -0.39 is 152 Å². The van der Waals surface area contributed by atoms with Crippen LogP contribution in [0.4, 0.5) is 82.8 Å². The summed E-state index contributed by atoms with van der Waals surface area (Å²) in [5.74, 6) is -17.8. The van der Waals surface area contributed by atoms with E-state index in [9.17, 15) is 55.1 Å². The van der Waals surface area contributed by atoms with E-state index in [4.69, 9.17) is 63.6 Å². The van der Waals surface area contributed by atoms with Crippen LogP contribution in [0.2, 0.25) is 20.1 Å². The van der Waals surface area contributed by atoms with Gasteiger partial charge in [0.05, 0.1) is 87.9 Å². The first-order chi connectivity index (χ1) is 63.6. The zero-order valence-electron chi connectivity index (χ0n) is 75.4. The zero-order valence-corrected chi connectivity index (χ0v) is 78.4. The van der Waals surface area contributed by atoms with Crippen molar-refractivity contribution in [2.24, 2.45) is 0 Å². The molecule has 0 unspecified atom stereocenters. The van der Waals surface area contributed by atoms with E-state index in [2.05, 4.69) is 64.6 Å². The van der Waals surface area contributed by atoms with Crippen LogP contribution >= 0.6 is 46.4 Å². The highest BCUT2D eigenvalue weighted by atomic mass is 35.5. The fourth-order valence-electron chi connectivity index (χ4n) is 17.7. The molecule has 42 heteroatoms. The number of benzene rings is 3.